The Morgan fingerprint density at radius 1 is 1.33 bits per heavy atom. The number of aromatic amines is 1. The number of carbonyl (C=O) groups excluding carboxylic acids is 1. The quantitative estimate of drug-likeness (QED) is 0.895. The number of H-pyrrole nitrogens is 1. The van der Waals surface area contributed by atoms with Crippen molar-refractivity contribution in [3.63, 3.8) is 0 Å². The van der Waals surface area contributed by atoms with E-state index < -0.39 is 11.4 Å². The first-order valence-electron chi connectivity index (χ1n) is 7.47. The lowest BCUT2D eigenvalue weighted by molar-refractivity contribution is -0.131. The molecule has 1 N–H and O–H groups in total. The number of benzene rings is 1. The van der Waals surface area contributed by atoms with Gasteiger partial charge < -0.3 is 14.5 Å². The Balaban J connectivity index is 1.67. The summed E-state index contributed by atoms with van der Waals surface area (Å²) in [5.74, 6) is -0.0831. The number of amides is 1. The van der Waals surface area contributed by atoms with Crippen LogP contribution in [0.2, 0.25) is 0 Å². The SMILES string of the molecule is COc1cccc(CN2CCN(c3ncc(F)c(=O)[nH]3)CC2=O)c1. The summed E-state index contributed by atoms with van der Waals surface area (Å²) < 4.78 is 18.2. The van der Waals surface area contributed by atoms with Gasteiger partial charge in [0.15, 0.2) is 0 Å². The number of methoxy groups -OCH3 is 1. The fourth-order valence-electron chi connectivity index (χ4n) is 2.58. The molecule has 24 heavy (non-hydrogen) atoms. The maximum absolute atomic E-state index is 13.0. The van der Waals surface area contributed by atoms with Crippen LogP contribution < -0.4 is 15.2 Å². The number of carbonyl (C=O) groups is 1. The van der Waals surface area contributed by atoms with Gasteiger partial charge in [-0.3, -0.25) is 14.6 Å². The van der Waals surface area contributed by atoms with E-state index in [9.17, 15) is 14.0 Å². The van der Waals surface area contributed by atoms with Gasteiger partial charge in [-0.1, -0.05) is 12.1 Å². The maximum Gasteiger partial charge on any atom is 0.288 e. The van der Waals surface area contributed by atoms with E-state index in [0.717, 1.165) is 17.5 Å². The summed E-state index contributed by atoms with van der Waals surface area (Å²) in [5, 5.41) is 0. The average molecular weight is 332 g/mol. The van der Waals surface area contributed by atoms with E-state index in [0.29, 0.717) is 19.6 Å². The molecule has 1 aromatic heterocycles. The maximum atomic E-state index is 13.0. The van der Waals surface area contributed by atoms with Gasteiger partial charge >= 0.3 is 0 Å². The van der Waals surface area contributed by atoms with E-state index >= 15 is 0 Å². The predicted molar refractivity (Wildman–Crippen MR) is 85.4 cm³/mol. The summed E-state index contributed by atoms with van der Waals surface area (Å²) in [5.41, 5.74) is 0.135. The predicted octanol–water partition coefficient (Wildman–Crippen LogP) is 0.766. The molecule has 0 unspecified atom stereocenters. The molecule has 0 saturated carbocycles. The molecular formula is C16H17FN4O3. The molecule has 8 heteroatoms. The number of nitrogens with zero attached hydrogens (tertiary/aromatic N) is 3. The van der Waals surface area contributed by atoms with Crippen molar-refractivity contribution < 1.29 is 13.9 Å². The number of nitrogens with one attached hydrogen (secondary N) is 1. The Hall–Kier alpha value is -2.90. The van der Waals surface area contributed by atoms with Crippen LogP contribution in [-0.4, -0.2) is 47.5 Å². The number of piperazine rings is 1. The van der Waals surface area contributed by atoms with Gasteiger partial charge in [-0.15, -0.1) is 0 Å². The van der Waals surface area contributed by atoms with Crippen molar-refractivity contribution in [2.24, 2.45) is 0 Å². The highest BCUT2D eigenvalue weighted by atomic mass is 19.1. The molecule has 1 fully saturated rings. The highest BCUT2D eigenvalue weighted by Crippen LogP contribution is 2.17. The zero-order chi connectivity index (χ0) is 17.1. The zero-order valence-corrected chi connectivity index (χ0v) is 13.2. The topological polar surface area (TPSA) is 78.5 Å². The Kier molecular flexibility index (Phi) is 4.45. The van der Waals surface area contributed by atoms with Crippen LogP contribution in [0.15, 0.2) is 35.3 Å². The summed E-state index contributed by atoms with van der Waals surface area (Å²) in [6.07, 6.45) is 0.862. The van der Waals surface area contributed by atoms with Crippen molar-refractivity contribution in [3.8, 4) is 5.75 Å². The fraction of sp³-hybridized carbons (Fsp3) is 0.312. The van der Waals surface area contributed by atoms with Crippen molar-refractivity contribution in [2.45, 2.75) is 6.54 Å². The largest absolute Gasteiger partial charge is 0.497 e. The molecule has 0 atom stereocenters. The van der Waals surface area contributed by atoms with Gasteiger partial charge in [0.05, 0.1) is 19.9 Å². The van der Waals surface area contributed by atoms with Crippen LogP contribution in [0, 0.1) is 5.82 Å². The van der Waals surface area contributed by atoms with E-state index in [2.05, 4.69) is 9.97 Å². The van der Waals surface area contributed by atoms with Crippen LogP contribution in [0.1, 0.15) is 5.56 Å². The van der Waals surface area contributed by atoms with Crippen LogP contribution in [0.4, 0.5) is 10.3 Å². The Labute approximate surface area is 137 Å². The molecule has 1 aliphatic rings. The fourth-order valence-corrected chi connectivity index (χ4v) is 2.58. The standard InChI is InChI=1S/C16H17FN4O3/c1-24-12-4-2-3-11(7-12)9-20-5-6-21(10-14(20)22)16-18-8-13(17)15(23)19-16/h2-4,7-8H,5-6,9-10H2,1H3,(H,18,19,23). The Morgan fingerprint density at radius 3 is 2.88 bits per heavy atom. The Morgan fingerprint density at radius 2 is 2.17 bits per heavy atom. The second kappa shape index (κ2) is 6.69. The molecule has 2 heterocycles. The average Bonchev–Trinajstić information content (AvgIpc) is 2.59. The zero-order valence-electron chi connectivity index (χ0n) is 13.2. The van der Waals surface area contributed by atoms with Crippen molar-refractivity contribution >= 4 is 11.9 Å². The molecule has 126 valence electrons. The molecule has 0 aliphatic carbocycles. The number of aromatic nitrogens is 2. The first kappa shape index (κ1) is 16.0. The molecule has 0 radical (unpaired) electrons. The van der Waals surface area contributed by atoms with Crippen molar-refractivity contribution in [3.05, 3.63) is 52.2 Å². The van der Waals surface area contributed by atoms with E-state index in [1.807, 2.05) is 24.3 Å². The molecule has 1 amide bonds. The van der Waals surface area contributed by atoms with Crippen LogP contribution in [-0.2, 0) is 11.3 Å². The minimum Gasteiger partial charge on any atom is -0.497 e. The number of hydrogen-bond donors (Lipinski definition) is 1. The summed E-state index contributed by atoms with van der Waals surface area (Å²) in [6.45, 7) is 1.55. The number of ether oxygens (including phenoxy) is 1. The van der Waals surface area contributed by atoms with Gasteiger partial charge in [0.25, 0.3) is 5.56 Å². The third-order valence-corrected chi connectivity index (χ3v) is 3.87. The molecule has 7 nitrogen and oxygen atoms in total. The van der Waals surface area contributed by atoms with Gasteiger partial charge in [-0.2, -0.15) is 4.39 Å². The minimum atomic E-state index is -0.943. The third-order valence-electron chi connectivity index (χ3n) is 3.87. The minimum absolute atomic E-state index is 0.0819. The van der Waals surface area contributed by atoms with Crippen LogP contribution in [0.25, 0.3) is 0 Å². The van der Waals surface area contributed by atoms with Crippen LogP contribution in [0.3, 0.4) is 0 Å². The molecule has 3 rings (SSSR count). The monoisotopic (exact) mass is 332 g/mol. The van der Waals surface area contributed by atoms with Crippen molar-refractivity contribution in [1.29, 1.82) is 0 Å². The normalized spacial score (nSPS) is 14.8. The summed E-state index contributed by atoms with van der Waals surface area (Å²) in [4.78, 5) is 33.2. The lowest BCUT2D eigenvalue weighted by Gasteiger charge is -2.34. The lowest BCUT2D eigenvalue weighted by atomic mass is 10.2. The van der Waals surface area contributed by atoms with E-state index in [4.69, 9.17) is 4.74 Å². The van der Waals surface area contributed by atoms with Gasteiger partial charge in [0.2, 0.25) is 17.7 Å². The molecule has 0 bridgehead atoms. The highest BCUT2D eigenvalue weighted by molar-refractivity contribution is 5.82. The van der Waals surface area contributed by atoms with E-state index in [1.54, 1.807) is 16.9 Å². The second-order valence-electron chi connectivity index (χ2n) is 5.47. The van der Waals surface area contributed by atoms with Gasteiger partial charge in [0, 0.05) is 19.6 Å². The molecule has 1 aromatic carbocycles. The van der Waals surface area contributed by atoms with Gasteiger partial charge in [-0.05, 0) is 17.7 Å². The Bertz CT molecular complexity index is 808. The smallest absolute Gasteiger partial charge is 0.288 e. The second-order valence-corrected chi connectivity index (χ2v) is 5.47. The number of halogens is 1. The molecular weight excluding hydrogens is 315 g/mol. The van der Waals surface area contributed by atoms with Crippen molar-refractivity contribution in [1.82, 2.24) is 14.9 Å². The van der Waals surface area contributed by atoms with Crippen LogP contribution >= 0.6 is 0 Å². The summed E-state index contributed by atoms with van der Waals surface area (Å²) in [7, 11) is 1.60. The summed E-state index contributed by atoms with van der Waals surface area (Å²) in [6, 6.07) is 7.54. The number of hydrogen-bond acceptors (Lipinski definition) is 5. The summed E-state index contributed by atoms with van der Waals surface area (Å²) >= 11 is 0. The number of rotatable bonds is 4. The van der Waals surface area contributed by atoms with E-state index in [1.165, 1.54) is 0 Å². The first-order chi connectivity index (χ1) is 11.6. The highest BCUT2D eigenvalue weighted by Gasteiger charge is 2.25. The molecule has 2 aromatic rings. The van der Waals surface area contributed by atoms with E-state index in [-0.39, 0.29) is 18.4 Å². The van der Waals surface area contributed by atoms with Gasteiger partial charge in [-0.25, -0.2) is 4.98 Å². The third kappa shape index (κ3) is 3.37. The van der Waals surface area contributed by atoms with Crippen molar-refractivity contribution in [2.75, 3.05) is 31.6 Å². The lowest BCUT2D eigenvalue weighted by Crippen LogP contribution is -2.50. The van der Waals surface area contributed by atoms with Gasteiger partial charge in [0.1, 0.15) is 5.75 Å². The number of anilines is 1. The molecule has 0 spiro atoms. The molecule has 1 saturated heterocycles. The van der Waals surface area contributed by atoms with Crippen LogP contribution in [0.5, 0.6) is 5.75 Å². The molecule has 1 aliphatic heterocycles. The first-order valence-corrected chi connectivity index (χ1v) is 7.47.